The fraction of sp³-hybridized carbons (Fsp3) is 0.143. The number of nitro groups is 1. The van der Waals surface area contributed by atoms with Gasteiger partial charge in [0.15, 0.2) is 5.65 Å². The number of fused-ring (bicyclic) bond motifs is 1. The standard InChI is InChI=1S/C21H18N6O4/c28-20(16-6-8-17(9-7-16)27(30)31)22-10-11-26-19-18(12-24-26)21(29)25(14-23-19)13-15-4-2-1-3-5-15/h1-9,12,14H,10-11,13H2,(H,22,28). The van der Waals surface area contributed by atoms with E-state index in [1.807, 2.05) is 30.3 Å². The number of aromatic nitrogens is 4. The van der Waals surface area contributed by atoms with Crippen LogP contribution in [0, 0.1) is 10.1 Å². The first-order chi connectivity index (χ1) is 15.0. The third-order valence-electron chi connectivity index (χ3n) is 4.77. The van der Waals surface area contributed by atoms with E-state index in [-0.39, 0.29) is 23.7 Å². The van der Waals surface area contributed by atoms with Crippen LogP contribution >= 0.6 is 0 Å². The molecule has 0 atom stereocenters. The summed E-state index contributed by atoms with van der Waals surface area (Å²) in [6.07, 6.45) is 2.97. The smallest absolute Gasteiger partial charge is 0.269 e. The quantitative estimate of drug-likeness (QED) is 0.361. The lowest BCUT2D eigenvalue weighted by atomic mass is 10.2. The molecular weight excluding hydrogens is 400 g/mol. The maximum Gasteiger partial charge on any atom is 0.269 e. The lowest BCUT2D eigenvalue weighted by Gasteiger charge is -2.07. The number of benzene rings is 2. The molecule has 2 heterocycles. The third-order valence-corrected chi connectivity index (χ3v) is 4.77. The summed E-state index contributed by atoms with van der Waals surface area (Å²) in [5.41, 5.74) is 1.49. The number of nitrogens with one attached hydrogen (secondary N) is 1. The SMILES string of the molecule is O=C(NCCn1ncc2c(=O)n(Cc3ccccc3)cnc21)c1ccc([N+](=O)[O-])cc1. The Morgan fingerprint density at radius 1 is 1.10 bits per heavy atom. The molecule has 0 saturated heterocycles. The van der Waals surface area contributed by atoms with Gasteiger partial charge in [-0.3, -0.25) is 24.3 Å². The molecule has 0 bridgehead atoms. The summed E-state index contributed by atoms with van der Waals surface area (Å²) < 4.78 is 3.08. The van der Waals surface area contributed by atoms with Crippen LogP contribution < -0.4 is 10.9 Å². The van der Waals surface area contributed by atoms with Crippen molar-refractivity contribution in [1.29, 1.82) is 0 Å². The number of nitro benzene ring substituents is 1. The van der Waals surface area contributed by atoms with Crippen molar-refractivity contribution in [2.75, 3.05) is 6.54 Å². The van der Waals surface area contributed by atoms with Crippen molar-refractivity contribution in [2.24, 2.45) is 0 Å². The molecule has 0 unspecified atom stereocenters. The molecule has 0 aliphatic rings. The second-order valence-corrected chi connectivity index (χ2v) is 6.83. The first-order valence-corrected chi connectivity index (χ1v) is 9.50. The van der Waals surface area contributed by atoms with E-state index in [0.717, 1.165) is 5.56 Å². The van der Waals surface area contributed by atoms with Crippen LogP contribution in [0.15, 0.2) is 71.9 Å². The number of amides is 1. The molecule has 4 aromatic rings. The zero-order valence-corrected chi connectivity index (χ0v) is 16.3. The van der Waals surface area contributed by atoms with Crippen LogP contribution in [0.25, 0.3) is 11.0 Å². The summed E-state index contributed by atoms with van der Waals surface area (Å²) in [6, 6.07) is 15.0. The van der Waals surface area contributed by atoms with Gasteiger partial charge in [-0.25, -0.2) is 9.67 Å². The molecule has 2 aromatic carbocycles. The Hall–Kier alpha value is -4.34. The number of hydrogen-bond donors (Lipinski definition) is 1. The van der Waals surface area contributed by atoms with Crippen LogP contribution in [0.5, 0.6) is 0 Å². The van der Waals surface area contributed by atoms with E-state index in [1.54, 1.807) is 4.68 Å². The van der Waals surface area contributed by atoms with E-state index < -0.39 is 4.92 Å². The van der Waals surface area contributed by atoms with Crippen molar-refractivity contribution >= 4 is 22.6 Å². The number of rotatable bonds is 7. The Bertz CT molecular complexity index is 1300. The average Bonchev–Trinajstić information content (AvgIpc) is 3.20. The summed E-state index contributed by atoms with van der Waals surface area (Å²) in [4.78, 5) is 39.5. The van der Waals surface area contributed by atoms with Crippen molar-refractivity contribution < 1.29 is 9.72 Å². The fourth-order valence-electron chi connectivity index (χ4n) is 3.17. The van der Waals surface area contributed by atoms with E-state index in [9.17, 15) is 19.7 Å². The number of nitrogens with zero attached hydrogens (tertiary/aromatic N) is 5. The van der Waals surface area contributed by atoms with Gasteiger partial charge in [0.1, 0.15) is 11.7 Å². The van der Waals surface area contributed by atoms with E-state index >= 15 is 0 Å². The van der Waals surface area contributed by atoms with Gasteiger partial charge in [-0.1, -0.05) is 30.3 Å². The molecule has 0 aliphatic heterocycles. The van der Waals surface area contributed by atoms with Crippen LogP contribution in [0.4, 0.5) is 5.69 Å². The Balaban J connectivity index is 1.42. The number of non-ortho nitro benzene ring substituents is 1. The van der Waals surface area contributed by atoms with E-state index in [4.69, 9.17) is 0 Å². The minimum absolute atomic E-state index is 0.0800. The van der Waals surface area contributed by atoms with Gasteiger partial charge in [0.25, 0.3) is 17.2 Å². The predicted molar refractivity (Wildman–Crippen MR) is 113 cm³/mol. The predicted octanol–water partition coefficient (Wildman–Crippen LogP) is 1.98. The summed E-state index contributed by atoms with van der Waals surface area (Å²) in [7, 11) is 0. The van der Waals surface area contributed by atoms with Crippen LogP contribution in [-0.4, -0.2) is 36.7 Å². The minimum atomic E-state index is -0.522. The highest BCUT2D eigenvalue weighted by Crippen LogP contribution is 2.12. The Labute approximate surface area is 175 Å². The second-order valence-electron chi connectivity index (χ2n) is 6.83. The van der Waals surface area contributed by atoms with Crippen molar-refractivity contribution in [3.8, 4) is 0 Å². The maximum atomic E-state index is 12.7. The Morgan fingerprint density at radius 2 is 1.84 bits per heavy atom. The molecular formula is C21H18N6O4. The second kappa shape index (κ2) is 8.57. The largest absolute Gasteiger partial charge is 0.350 e. The van der Waals surface area contributed by atoms with Crippen molar-refractivity contribution in [3.05, 3.63) is 98.7 Å². The van der Waals surface area contributed by atoms with E-state index in [0.29, 0.717) is 29.7 Å². The highest BCUT2D eigenvalue weighted by atomic mass is 16.6. The monoisotopic (exact) mass is 418 g/mol. The highest BCUT2D eigenvalue weighted by Gasteiger charge is 2.12. The van der Waals surface area contributed by atoms with Crippen LogP contribution in [0.1, 0.15) is 15.9 Å². The first-order valence-electron chi connectivity index (χ1n) is 9.50. The molecule has 4 rings (SSSR count). The molecule has 0 radical (unpaired) electrons. The summed E-state index contributed by atoms with van der Waals surface area (Å²) >= 11 is 0. The van der Waals surface area contributed by atoms with Gasteiger partial charge in [-0.05, 0) is 17.7 Å². The molecule has 2 aromatic heterocycles. The van der Waals surface area contributed by atoms with Crippen molar-refractivity contribution in [3.63, 3.8) is 0 Å². The lowest BCUT2D eigenvalue weighted by molar-refractivity contribution is -0.384. The van der Waals surface area contributed by atoms with E-state index in [2.05, 4.69) is 15.4 Å². The van der Waals surface area contributed by atoms with Gasteiger partial charge in [-0.15, -0.1) is 0 Å². The van der Waals surface area contributed by atoms with E-state index in [1.165, 1.54) is 41.4 Å². The van der Waals surface area contributed by atoms with Crippen molar-refractivity contribution in [1.82, 2.24) is 24.6 Å². The summed E-state index contributed by atoms with van der Waals surface area (Å²) in [5, 5.41) is 18.0. The topological polar surface area (TPSA) is 125 Å². The van der Waals surface area contributed by atoms with Crippen LogP contribution in [0.2, 0.25) is 0 Å². The van der Waals surface area contributed by atoms with Crippen LogP contribution in [0.3, 0.4) is 0 Å². The van der Waals surface area contributed by atoms with Gasteiger partial charge < -0.3 is 5.32 Å². The zero-order valence-electron chi connectivity index (χ0n) is 16.3. The summed E-state index contributed by atoms with van der Waals surface area (Å²) in [5.74, 6) is -0.357. The van der Waals surface area contributed by atoms with Gasteiger partial charge >= 0.3 is 0 Å². The molecule has 156 valence electrons. The molecule has 10 nitrogen and oxygen atoms in total. The number of carbonyl (C=O) groups excluding carboxylic acids is 1. The van der Waals surface area contributed by atoms with Gasteiger partial charge in [0, 0.05) is 24.2 Å². The zero-order chi connectivity index (χ0) is 21.8. The Kier molecular flexibility index (Phi) is 5.52. The van der Waals surface area contributed by atoms with Crippen LogP contribution in [-0.2, 0) is 13.1 Å². The lowest BCUT2D eigenvalue weighted by Crippen LogP contribution is -2.27. The normalized spacial score (nSPS) is 10.8. The van der Waals surface area contributed by atoms with Crippen molar-refractivity contribution in [2.45, 2.75) is 13.1 Å². The number of carbonyl (C=O) groups is 1. The highest BCUT2D eigenvalue weighted by molar-refractivity contribution is 5.94. The minimum Gasteiger partial charge on any atom is -0.350 e. The fourth-order valence-corrected chi connectivity index (χ4v) is 3.17. The molecule has 1 amide bonds. The average molecular weight is 418 g/mol. The third kappa shape index (κ3) is 4.32. The van der Waals surface area contributed by atoms with Gasteiger partial charge in [0.05, 0.1) is 24.2 Å². The van der Waals surface area contributed by atoms with Gasteiger partial charge in [-0.2, -0.15) is 5.10 Å². The first kappa shape index (κ1) is 20.0. The molecule has 10 heteroatoms. The number of hydrogen-bond acceptors (Lipinski definition) is 6. The molecule has 0 fully saturated rings. The molecule has 0 saturated carbocycles. The summed E-state index contributed by atoms with van der Waals surface area (Å²) in [6.45, 7) is 0.984. The molecule has 0 spiro atoms. The molecule has 1 N–H and O–H groups in total. The maximum absolute atomic E-state index is 12.7. The van der Waals surface area contributed by atoms with Gasteiger partial charge in [0.2, 0.25) is 0 Å². The molecule has 31 heavy (non-hydrogen) atoms. The molecule has 0 aliphatic carbocycles. The Morgan fingerprint density at radius 3 is 2.55 bits per heavy atom.